The lowest BCUT2D eigenvalue weighted by Gasteiger charge is -2.05. The van der Waals surface area contributed by atoms with Crippen LogP contribution >= 0.6 is 0 Å². The largest absolute Gasteiger partial charge is 0.210 e. The molecule has 0 atom stereocenters. The molecule has 1 N–H and O–H groups in total. The predicted molar refractivity (Wildman–Crippen MR) is 64.8 cm³/mol. The van der Waals surface area contributed by atoms with Gasteiger partial charge in [0.05, 0.1) is 6.54 Å². The van der Waals surface area contributed by atoms with Gasteiger partial charge in [0.15, 0.2) is 0 Å². The second-order valence-corrected chi connectivity index (χ2v) is 3.45. The zero-order valence-electron chi connectivity index (χ0n) is 9.09. The molecule has 1 rings (SSSR count). The number of nitrogens with zero attached hydrogens (tertiary/aromatic N) is 1. The van der Waals surface area contributed by atoms with E-state index in [4.69, 9.17) is 5.53 Å². The highest BCUT2D eigenvalue weighted by atomic mass is 14.9. The molecule has 0 aliphatic rings. The van der Waals surface area contributed by atoms with Gasteiger partial charge in [-0.3, -0.25) is 0 Å². The zero-order chi connectivity index (χ0) is 11.3. The molecule has 0 aliphatic heterocycles. The molecule has 0 aliphatic carbocycles. The van der Waals surface area contributed by atoms with Crippen molar-refractivity contribution in [2.45, 2.75) is 13.3 Å². The van der Waals surface area contributed by atoms with Crippen molar-refractivity contribution in [1.29, 1.82) is 5.53 Å². The Bertz CT molecular complexity index is 374. The number of rotatable bonds is 5. The van der Waals surface area contributed by atoms with Crippen LogP contribution < -0.4 is 0 Å². The van der Waals surface area contributed by atoms with Gasteiger partial charge >= 0.3 is 0 Å². The van der Waals surface area contributed by atoms with Gasteiger partial charge in [-0.1, -0.05) is 44.3 Å². The Hall–Kier alpha value is -1.70. The summed E-state index contributed by atoms with van der Waals surface area (Å²) in [6.45, 7) is 10.3. The molecular formula is C13H16N2. The first kappa shape index (κ1) is 11.4. The van der Waals surface area contributed by atoms with E-state index in [9.17, 15) is 0 Å². The fourth-order valence-corrected chi connectivity index (χ4v) is 1.33. The van der Waals surface area contributed by atoms with Gasteiger partial charge in [-0.15, -0.1) is 0 Å². The molecule has 0 aromatic heterocycles. The maximum atomic E-state index is 6.77. The summed E-state index contributed by atoms with van der Waals surface area (Å²) >= 11 is 0. The molecule has 2 heteroatoms. The fourth-order valence-electron chi connectivity index (χ4n) is 1.33. The smallest absolute Gasteiger partial charge is 0.0846 e. The maximum Gasteiger partial charge on any atom is 0.0846 e. The molecule has 0 saturated heterocycles. The van der Waals surface area contributed by atoms with Crippen LogP contribution in [0.2, 0.25) is 0 Å². The quantitative estimate of drug-likeness (QED) is 0.693. The lowest BCUT2D eigenvalue weighted by atomic mass is 10.0. The Morgan fingerprint density at radius 3 is 2.00 bits per heavy atom. The van der Waals surface area contributed by atoms with Gasteiger partial charge in [-0.05, 0) is 28.7 Å². The first-order valence-electron chi connectivity index (χ1n) is 4.98. The summed E-state index contributed by atoms with van der Waals surface area (Å²) in [5.41, 5.74) is 11.0. The van der Waals surface area contributed by atoms with Crippen molar-refractivity contribution in [3.8, 4) is 0 Å². The van der Waals surface area contributed by atoms with E-state index < -0.39 is 0 Å². The van der Waals surface area contributed by atoms with Crippen LogP contribution in [0.1, 0.15) is 24.5 Å². The van der Waals surface area contributed by atoms with Crippen molar-refractivity contribution in [2.75, 3.05) is 6.54 Å². The molecule has 0 spiro atoms. The summed E-state index contributed by atoms with van der Waals surface area (Å²) in [5.74, 6) is 0. The normalized spacial score (nSPS) is 9.67. The Kier molecular flexibility index (Phi) is 3.98. The highest BCUT2D eigenvalue weighted by Gasteiger charge is 1.99. The zero-order valence-corrected chi connectivity index (χ0v) is 9.09. The molecule has 0 heterocycles. The van der Waals surface area contributed by atoms with Crippen LogP contribution in [-0.4, -0.2) is 6.54 Å². The predicted octanol–water partition coefficient (Wildman–Crippen LogP) is 4.15. The van der Waals surface area contributed by atoms with Crippen molar-refractivity contribution in [3.05, 3.63) is 48.6 Å². The van der Waals surface area contributed by atoms with Crippen molar-refractivity contribution in [2.24, 2.45) is 5.11 Å². The van der Waals surface area contributed by atoms with Gasteiger partial charge < -0.3 is 0 Å². The SMILES string of the molecule is C=C(CC)c1ccc(C(=C)CN=N)cc1. The third-order valence-corrected chi connectivity index (χ3v) is 2.40. The van der Waals surface area contributed by atoms with E-state index in [-0.39, 0.29) is 0 Å². The van der Waals surface area contributed by atoms with Gasteiger partial charge in [0, 0.05) is 0 Å². The Labute approximate surface area is 90.8 Å². The van der Waals surface area contributed by atoms with Crippen LogP contribution in [0.4, 0.5) is 0 Å². The number of hydrogen-bond donors (Lipinski definition) is 1. The highest BCUT2D eigenvalue weighted by molar-refractivity contribution is 5.69. The molecule has 2 nitrogen and oxygen atoms in total. The maximum absolute atomic E-state index is 6.77. The Balaban J connectivity index is 2.85. The molecule has 0 radical (unpaired) electrons. The molecule has 78 valence electrons. The van der Waals surface area contributed by atoms with E-state index in [1.165, 1.54) is 0 Å². The highest BCUT2D eigenvalue weighted by Crippen LogP contribution is 2.19. The topological polar surface area (TPSA) is 36.2 Å². The van der Waals surface area contributed by atoms with Crippen molar-refractivity contribution in [3.63, 3.8) is 0 Å². The summed E-state index contributed by atoms with van der Waals surface area (Å²) in [7, 11) is 0. The van der Waals surface area contributed by atoms with Gasteiger partial charge in [-0.2, -0.15) is 5.11 Å². The van der Waals surface area contributed by atoms with Crippen LogP contribution in [0.15, 0.2) is 42.5 Å². The molecule has 0 amide bonds. The van der Waals surface area contributed by atoms with Crippen LogP contribution in [0.25, 0.3) is 11.1 Å². The summed E-state index contributed by atoms with van der Waals surface area (Å²) in [6.07, 6.45) is 0.961. The Morgan fingerprint density at radius 2 is 1.60 bits per heavy atom. The molecular weight excluding hydrogens is 184 g/mol. The van der Waals surface area contributed by atoms with Crippen molar-refractivity contribution >= 4 is 11.1 Å². The summed E-state index contributed by atoms with van der Waals surface area (Å²) < 4.78 is 0. The monoisotopic (exact) mass is 200 g/mol. The first-order valence-corrected chi connectivity index (χ1v) is 4.98. The van der Waals surface area contributed by atoms with Gasteiger partial charge in [0.25, 0.3) is 0 Å². The van der Waals surface area contributed by atoms with E-state index in [0.717, 1.165) is 28.7 Å². The van der Waals surface area contributed by atoms with E-state index in [2.05, 4.69) is 25.2 Å². The van der Waals surface area contributed by atoms with Crippen LogP contribution in [0.5, 0.6) is 0 Å². The number of allylic oxidation sites excluding steroid dienone is 1. The van der Waals surface area contributed by atoms with Gasteiger partial charge in [-0.25, -0.2) is 5.53 Å². The van der Waals surface area contributed by atoms with Crippen LogP contribution in [0, 0.1) is 5.53 Å². The van der Waals surface area contributed by atoms with Gasteiger partial charge in [0.2, 0.25) is 0 Å². The second kappa shape index (κ2) is 5.25. The molecule has 15 heavy (non-hydrogen) atoms. The molecule has 0 fully saturated rings. The van der Waals surface area contributed by atoms with Crippen molar-refractivity contribution in [1.82, 2.24) is 0 Å². The third-order valence-electron chi connectivity index (χ3n) is 2.40. The van der Waals surface area contributed by atoms with E-state index in [1.54, 1.807) is 0 Å². The summed E-state index contributed by atoms with van der Waals surface area (Å²) in [5, 5.41) is 3.32. The van der Waals surface area contributed by atoms with Crippen LogP contribution in [-0.2, 0) is 0 Å². The molecule has 0 saturated carbocycles. The minimum absolute atomic E-state index is 0.369. The van der Waals surface area contributed by atoms with E-state index in [0.29, 0.717) is 6.54 Å². The molecule has 0 unspecified atom stereocenters. The average Bonchev–Trinajstić information content (AvgIpc) is 2.28. The first-order chi connectivity index (χ1) is 7.19. The number of benzene rings is 1. The van der Waals surface area contributed by atoms with Gasteiger partial charge in [0.1, 0.15) is 0 Å². The number of hydrogen-bond acceptors (Lipinski definition) is 2. The molecule has 0 bridgehead atoms. The summed E-state index contributed by atoms with van der Waals surface area (Å²) in [4.78, 5) is 0. The Morgan fingerprint density at radius 1 is 1.13 bits per heavy atom. The lowest BCUT2D eigenvalue weighted by molar-refractivity contribution is 1.01. The lowest BCUT2D eigenvalue weighted by Crippen LogP contribution is -1.88. The van der Waals surface area contributed by atoms with E-state index in [1.807, 2.05) is 24.3 Å². The van der Waals surface area contributed by atoms with Crippen molar-refractivity contribution < 1.29 is 0 Å². The molecule has 1 aromatic rings. The van der Waals surface area contributed by atoms with E-state index >= 15 is 0 Å². The standard InChI is InChI=1S/C13H16N2/c1-4-10(2)12-5-7-13(8-6-12)11(3)9-15-14/h5-8,14H,2-4,9H2,1H3. The minimum Gasteiger partial charge on any atom is -0.210 e. The fraction of sp³-hybridized carbons (Fsp3) is 0.231. The third kappa shape index (κ3) is 2.88. The van der Waals surface area contributed by atoms with Crippen LogP contribution in [0.3, 0.4) is 0 Å². The average molecular weight is 200 g/mol. The number of nitrogens with one attached hydrogen (secondary N) is 1. The minimum atomic E-state index is 0.369. The second-order valence-electron chi connectivity index (χ2n) is 3.45. The molecule has 1 aromatic carbocycles. The summed E-state index contributed by atoms with van der Waals surface area (Å²) in [6, 6.07) is 8.08.